The number of nitrogens with zero attached hydrogens (tertiary/aromatic N) is 1. The van der Waals surface area contributed by atoms with Crippen molar-refractivity contribution < 1.29 is 9.53 Å². The molecule has 1 saturated carbocycles. The van der Waals surface area contributed by atoms with E-state index in [0.29, 0.717) is 17.2 Å². The number of esters is 1. The normalized spacial score (nSPS) is 22.2. The lowest BCUT2D eigenvalue weighted by Gasteiger charge is -2.03. The van der Waals surface area contributed by atoms with E-state index in [-0.39, 0.29) is 5.97 Å². The standard InChI is InChI=1S/C10H14N2O2S/c1-10(2)4-7(10)12-9-11-6(5-15-9)8(13)14-3/h5,7H,4H2,1-3H3,(H,11,12). The van der Waals surface area contributed by atoms with Crippen LogP contribution in [0.25, 0.3) is 0 Å². The molecular weight excluding hydrogens is 212 g/mol. The van der Waals surface area contributed by atoms with Gasteiger partial charge in [0.25, 0.3) is 0 Å². The number of carbonyl (C=O) groups is 1. The molecule has 1 heterocycles. The molecule has 1 aromatic heterocycles. The summed E-state index contributed by atoms with van der Waals surface area (Å²) in [5.41, 5.74) is 0.736. The van der Waals surface area contributed by atoms with Crippen LogP contribution < -0.4 is 5.32 Å². The lowest BCUT2D eigenvalue weighted by molar-refractivity contribution is 0.0595. The molecule has 0 aromatic carbocycles. The molecule has 5 heteroatoms. The topological polar surface area (TPSA) is 51.2 Å². The molecule has 1 fully saturated rings. The zero-order chi connectivity index (χ0) is 11.1. The quantitative estimate of drug-likeness (QED) is 0.802. The largest absolute Gasteiger partial charge is 0.464 e. The summed E-state index contributed by atoms with van der Waals surface area (Å²) in [5.74, 6) is -0.380. The van der Waals surface area contributed by atoms with Gasteiger partial charge in [-0.1, -0.05) is 13.8 Å². The third-order valence-electron chi connectivity index (χ3n) is 2.71. The van der Waals surface area contributed by atoms with E-state index in [1.54, 1.807) is 5.38 Å². The third kappa shape index (κ3) is 2.12. The Kier molecular flexibility index (Phi) is 2.42. The average molecular weight is 226 g/mol. The van der Waals surface area contributed by atoms with E-state index in [9.17, 15) is 4.79 Å². The molecule has 15 heavy (non-hydrogen) atoms. The Labute approximate surface area is 92.7 Å². The molecule has 1 atom stereocenters. The van der Waals surface area contributed by atoms with Crippen LogP contribution in [0.5, 0.6) is 0 Å². The van der Waals surface area contributed by atoms with Gasteiger partial charge in [0.1, 0.15) is 0 Å². The fourth-order valence-corrected chi connectivity index (χ4v) is 2.13. The van der Waals surface area contributed by atoms with Crippen LogP contribution in [-0.4, -0.2) is 24.1 Å². The van der Waals surface area contributed by atoms with Gasteiger partial charge in [-0.3, -0.25) is 0 Å². The molecule has 1 aliphatic carbocycles. The molecule has 2 rings (SSSR count). The van der Waals surface area contributed by atoms with Crippen LogP contribution in [-0.2, 0) is 4.74 Å². The minimum Gasteiger partial charge on any atom is -0.464 e. The molecule has 0 aliphatic heterocycles. The fraction of sp³-hybridized carbons (Fsp3) is 0.600. The van der Waals surface area contributed by atoms with Crippen molar-refractivity contribution in [2.75, 3.05) is 12.4 Å². The van der Waals surface area contributed by atoms with Crippen LogP contribution in [0.1, 0.15) is 30.8 Å². The van der Waals surface area contributed by atoms with Gasteiger partial charge in [0.05, 0.1) is 7.11 Å². The van der Waals surface area contributed by atoms with Gasteiger partial charge in [0, 0.05) is 11.4 Å². The first kappa shape index (κ1) is 10.4. The van der Waals surface area contributed by atoms with Gasteiger partial charge in [-0.15, -0.1) is 11.3 Å². The number of thiazole rings is 1. The van der Waals surface area contributed by atoms with E-state index < -0.39 is 0 Å². The van der Waals surface area contributed by atoms with E-state index in [4.69, 9.17) is 0 Å². The highest BCUT2D eigenvalue weighted by molar-refractivity contribution is 7.13. The number of carbonyl (C=O) groups excluding carboxylic acids is 1. The van der Waals surface area contributed by atoms with Gasteiger partial charge in [-0.05, 0) is 11.8 Å². The average Bonchev–Trinajstić information content (AvgIpc) is 2.65. The maximum absolute atomic E-state index is 11.1. The number of hydrogen-bond acceptors (Lipinski definition) is 5. The number of methoxy groups -OCH3 is 1. The lowest BCUT2D eigenvalue weighted by atomic mass is 10.2. The summed E-state index contributed by atoms with van der Waals surface area (Å²) in [6.07, 6.45) is 1.15. The summed E-state index contributed by atoms with van der Waals surface area (Å²) in [5, 5.41) is 5.81. The molecule has 82 valence electrons. The molecule has 1 aliphatic rings. The van der Waals surface area contributed by atoms with Crippen molar-refractivity contribution in [3.63, 3.8) is 0 Å². The number of anilines is 1. The number of nitrogens with one attached hydrogen (secondary N) is 1. The van der Waals surface area contributed by atoms with E-state index in [1.807, 2.05) is 0 Å². The zero-order valence-corrected chi connectivity index (χ0v) is 9.85. The predicted octanol–water partition coefficient (Wildman–Crippen LogP) is 2.14. The van der Waals surface area contributed by atoms with Crippen molar-refractivity contribution in [2.45, 2.75) is 26.3 Å². The maximum atomic E-state index is 11.1. The molecule has 1 aromatic rings. The van der Waals surface area contributed by atoms with E-state index in [2.05, 4.69) is 28.9 Å². The molecule has 0 bridgehead atoms. The van der Waals surface area contributed by atoms with Crippen LogP contribution in [0.2, 0.25) is 0 Å². The highest BCUT2D eigenvalue weighted by Gasteiger charge is 2.46. The monoisotopic (exact) mass is 226 g/mol. The van der Waals surface area contributed by atoms with Crippen LogP contribution in [0.4, 0.5) is 5.13 Å². The van der Waals surface area contributed by atoms with Crippen molar-refractivity contribution in [1.29, 1.82) is 0 Å². The predicted molar refractivity (Wildman–Crippen MR) is 59.3 cm³/mol. The second-order valence-electron chi connectivity index (χ2n) is 4.42. The molecule has 0 saturated heterocycles. The highest BCUT2D eigenvalue weighted by atomic mass is 32.1. The Morgan fingerprint density at radius 3 is 2.93 bits per heavy atom. The second-order valence-corrected chi connectivity index (χ2v) is 5.28. The van der Waals surface area contributed by atoms with Crippen molar-refractivity contribution >= 4 is 22.4 Å². The van der Waals surface area contributed by atoms with E-state index in [1.165, 1.54) is 18.4 Å². The van der Waals surface area contributed by atoms with Crippen molar-refractivity contribution in [1.82, 2.24) is 4.98 Å². The van der Waals surface area contributed by atoms with Crippen molar-refractivity contribution in [3.8, 4) is 0 Å². The highest BCUT2D eigenvalue weighted by Crippen LogP contribution is 2.46. The fourth-order valence-electron chi connectivity index (χ4n) is 1.40. The summed E-state index contributed by atoms with van der Waals surface area (Å²) in [7, 11) is 1.36. The van der Waals surface area contributed by atoms with Crippen molar-refractivity contribution in [2.24, 2.45) is 5.41 Å². The summed E-state index contributed by atoms with van der Waals surface area (Å²) < 4.78 is 4.59. The van der Waals surface area contributed by atoms with Gasteiger partial charge >= 0.3 is 5.97 Å². The Hall–Kier alpha value is -1.10. The van der Waals surface area contributed by atoms with E-state index in [0.717, 1.165) is 11.6 Å². The lowest BCUT2D eigenvalue weighted by Crippen LogP contribution is -2.08. The Balaban J connectivity index is 1.99. The summed E-state index contributed by atoms with van der Waals surface area (Å²) in [6, 6.07) is 0.481. The van der Waals surface area contributed by atoms with E-state index >= 15 is 0 Å². The molecule has 4 nitrogen and oxygen atoms in total. The molecule has 0 amide bonds. The van der Waals surface area contributed by atoms with Gasteiger partial charge in [0.2, 0.25) is 0 Å². The first-order valence-electron chi connectivity index (χ1n) is 4.83. The van der Waals surface area contributed by atoms with Crippen LogP contribution in [0.3, 0.4) is 0 Å². The SMILES string of the molecule is COC(=O)c1csc(NC2CC2(C)C)n1. The zero-order valence-electron chi connectivity index (χ0n) is 9.03. The Morgan fingerprint density at radius 1 is 1.73 bits per heavy atom. The number of hydrogen-bond donors (Lipinski definition) is 1. The molecule has 1 N–H and O–H groups in total. The van der Waals surface area contributed by atoms with Gasteiger partial charge < -0.3 is 10.1 Å². The van der Waals surface area contributed by atoms with Crippen molar-refractivity contribution in [3.05, 3.63) is 11.1 Å². The van der Waals surface area contributed by atoms with Gasteiger partial charge in [-0.2, -0.15) is 0 Å². The smallest absolute Gasteiger partial charge is 0.357 e. The summed E-state index contributed by atoms with van der Waals surface area (Å²) in [6.45, 7) is 4.42. The Morgan fingerprint density at radius 2 is 2.40 bits per heavy atom. The molecule has 1 unspecified atom stereocenters. The van der Waals surface area contributed by atoms with Crippen LogP contribution >= 0.6 is 11.3 Å². The second kappa shape index (κ2) is 3.48. The van der Waals surface area contributed by atoms with Crippen LogP contribution in [0, 0.1) is 5.41 Å². The van der Waals surface area contributed by atoms with Gasteiger partial charge in [0.15, 0.2) is 10.8 Å². The number of ether oxygens (including phenoxy) is 1. The number of rotatable bonds is 3. The number of aromatic nitrogens is 1. The Bertz CT molecular complexity index is 387. The first-order valence-corrected chi connectivity index (χ1v) is 5.71. The van der Waals surface area contributed by atoms with Crippen LogP contribution in [0.15, 0.2) is 5.38 Å². The summed E-state index contributed by atoms with van der Waals surface area (Å²) >= 11 is 1.44. The third-order valence-corrected chi connectivity index (χ3v) is 3.48. The minimum atomic E-state index is -0.380. The van der Waals surface area contributed by atoms with Gasteiger partial charge in [-0.25, -0.2) is 9.78 Å². The first-order chi connectivity index (χ1) is 7.03. The maximum Gasteiger partial charge on any atom is 0.357 e. The minimum absolute atomic E-state index is 0.358. The molecular formula is C10H14N2O2S. The molecule has 0 spiro atoms. The summed E-state index contributed by atoms with van der Waals surface area (Å²) in [4.78, 5) is 15.3. The molecule has 0 radical (unpaired) electrons.